The zero-order valence-electron chi connectivity index (χ0n) is 14.6. The van der Waals surface area contributed by atoms with Gasteiger partial charge in [-0.15, -0.1) is 5.53 Å². The van der Waals surface area contributed by atoms with Crippen LogP contribution in [-0.4, -0.2) is 33.9 Å². The van der Waals surface area contributed by atoms with Gasteiger partial charge in [-0.25, -0.2) is 19.4 Å². The molecule has 7 nitrogen and oxygen atoms in total. The number of hydrogen-bond acceptors (Lipinski definition) is 6. The van der Waals surface area contributed by atoms with Gasteiger partial charge in [0.15, 0.2) is 5.82 Å². The fraction of sp³-hybridized carbons (Fsp3) is 0.235. The van der Waals surface area contributed by atoms with Gasteiger partial charge in [-0.1, -0.05) is 17.7 Å². The van der Waals surface area contributed by atoms with Crippen molar-refractivity contribution < 1.29 is 22.4 Å². The van der Waals surface area contributed by atoms with Gasteiger partial charge in [0.05, 0.1) is 46.5 Å². The molecule has 1 aromatic carbocycles. The highest BCUT2D eigenvalue weighted by Crippen LogP contribution is 2.37. The van der Waals surface area contributed by atoms with E-state index in [1.54, 1.807) is 0 Å². The van der Waals surface area contributed by atoms with Crippen LogP contribution >= 0.6 is 11.6 Å². The zero-order valence-corrected chi connectivity index (χ0v) is 15.4. The van der Waals surface area contributed by atoms with Crippen LogP contribution in [0.2, 0.25) is 5.02 Å². The first-order chi connectivity index (χ1) is 13.8. The number of carbonyl (C=O) groups excluding carboxylic acids is 1. The second kappa shape index (κ2) is 7.16. The quantitative estimate of drug-likeness (QED) is 0.717. The molecule has 0 radical (unpaired) electrons. The van der Waals surface area contributed by atoms with Crippen molar-refractivity contribution in [3.05, 3.63) is 64.0 Å². The maximum atomic E-state index is 13.1. The second-order valence-electron chi connectivity index (χ2n) is 6.34. The van der Waals surface area contributed by atoms with Crippen molar-refractivity contribution in [3.63, 3.8) is 0 Å². The molecule has 2 aromatic rings. The van der Waals surface area contributed by atoms with Gasteiger partial charge in [0.1, 0.15) is 0 Å². The molecule has 12 heteroatoms. The molecule has 1 amide bonds. The Bertz CT molecular complexity index is 994. The smallest absolute Gasteiger partial charge is 0.332 e. The third kappa shape index (κ3) is 3.58. The maximum absolute atomic E-state index is 13.1. The van der Waals surface area contributed by atoms with Crippen molar-refractivity contribution in [1.29, 1.82) is 0 Å². The number of hydrazine groups is 2. The summed E-state index contributed by atoms with van der Waals surface area (Å²) in [7, 11) is 0. The molecule has 0 saturated heterocycles. The lowest BCUT2D eigenvalue weighted by Gasteiger charge is -2.29. The van der Waals surface area contributed by atoms with Gasteiger partial charge in [0.2, 0.25) is 5.95 Å². The molecule has 1 aromatic heterocycles. The largest absolute Gasteiger partial charge is 0.417 e. The second-order valence-corrected chi connectivity index (χ2v) is 6.72. The Balaban J connectivity index is 1.56. The molecule has 0 spiro atoms. The predicted octanol–water partition coefficient (Wildman–Crippen LogP) is 2.87. The fourth-order valence-corrected chi connectivity index (χ4v) is 3.47. The Hall–Kier alpha value is -2.92. The number of nitrogens with one attached hydrogen (secondary N) is 2. The van der Waals surface area contributed by atoms with Crippen LogP contribution in [0.3, 0.4) is 0 Å². The van der Waals surface area contributed by atoms with Gasteiger partial charge in [0, 0.05) is 13.0 Å². The Morgan fingerprint density at radius 1 is 1.21 bits per heavy atom. The molecule has 2 aliphatic rings. The lowest BCUT2D eigenvalue weighted by molar-refractivity contribution is -0.137. The summed E-state index contributed by atoms with van der Waals surface area (Å²) in [5, 5.41) is 0.900. The van der Waals surface area contributed by atoms with Crippen molar-refractivity contribution in [2.24, 2.45) is 0 Å². The topological polar surface area (TPSA) is 73.4 Å². The van der Waals surface area contributed by atoms with Crippen LogP contribution < -0.4 is 16.0 Å². The fourth-order valence-electron chi connectivity index (χ4n) is 3.15. The Morgan fingerprint density at radius 2 is 1.93 bits per heavy atom. The van der Waals surface area contributed by atoms with E-state index in [2.05, 4.69) is 20.9 Å². The van der Waals surface area contributed by atoms with E-state index in [1.807, 2.05) is 0 Å². The molecule has 2 aliphatic heterocycles. The molecule has 0 unspecified atom stereocenters. The van der Waals surface area contributed by atoms with Crippen molar-refractivity contribution in [3.8, 4) is 0 Å². The van der Waals surface area contributed by atoms with Gasteiger partial charge in [-0.05, 0) is 12.1 Å². The Kier molecular flexibility index (Phi) is 4.79. The molecule has 152 valence electrons. The molecular weight excluding hydrogens is 416 g/mol. The SMILES string of the molecule is O=C(c1cccc(C(F)(F)F)c1Cl)N1CCC2=C(C1)NNN2c1ncc(F)cn1. The number of rotatable bonds is 2. The van der Waals surface area contributed by atoms with E-state index in [4.69, 9.17) is 11.6 Å². The Morgan fingerprint density at radius 3 is 2.62 bits per heavy atom. The number of alkyl halides is 3. The summed E-state index contributed by atoms with van der Waals surface area (Å²) in [6.07, 6.45) is -2.23. The highest BCUT2D eigenvalue weighted by atomic mass is 35.5. The van der Waals surface area contributed by atoms with E-state index >= 15 is 0 Å². The zero-order chi connectivity index (χ0) is 20.8. The van der Waals surface area contributed by atoms with Crippen molar-refractivity contribution >= 4 is 23.5 Å². The van der Waals surface area contributed by atoms with Crippen molar-refractivity contribution in [2.45, 2.75) is 12.6 Å². The lowest BCUT2D eigenvalue weighted by Crippen LogP contribution is -2.39. The van der Waals surface area contributed by atoms with Crippen LogP contribution in [0.25, 0.3) is 0 Å². The van der Waals surface area contributed by atoms with Gasteiger partial charge < -0.3 is 10.3 Å². The number of aromatic nitrogens is 2. The van der Waals surface area contributed by atoms with Gasteiger partial charge in [-0.3, -0.25) is 4.79 Å². The average molecular weight is 429 g/mol. The minimum atomic E-state index is -4.66. The number of anilines is 1. The summed E-state index contributed by atoms with van der Waals surface area (Å²) in [6.45, 7) is 0.358. The summed E-state index contributed by atoms with van der Waals surface area (Å²) in [6, 6.07) is 3.25. The van der Waals surface area contributed by atoms with Gasteiger partial charge >= 0.3 is 6.18 Å². The molecule has 3 heterocycles. The molecular formula is C17H13ClF4N6O. The number of halogens is 5. The standard InChI is InChI=1S/C17H13ClF4N6O/c18-14-10(2-1-3-11(14)17(20,21)22)15(29)27-5-4-13-12(8-27)25-26-28(13)16-23-6-9(19)7-24-16/h1-3,6-7,25-26H,4-5,8H2. The van der Waals surface area contributed by atoms with E-state index in [-0.39, 0.29) is 24.6 Å². The van der Waals surface area contributed by atoms with Gasteiger partial charge in [0.25, 0.3) is 5.91 Å². The highest BCUT2D eigenvalue weighted by molar-refractivity contribution is 6.34. The first-order valence-corrected chi connectivity index (χ1v) is 8.80. The first-order valence-electron chi connectivity index (χ1n) is 8.42. The summed E-state index contributed by atoms with van der Waals surface area (Å²) >= 11 is 5.87. The van der Waals surface area contributed by atoms with Crippen LogP contribution in [0, 0.1) is 5.82 Å². The van der Waals surface area contributed by atoms with Crippen LogP contribution in [0.5, 0.6) is 0 Å². The van der Waals surface area contributed by atoms with Crippen molar-refractivity contribution in [2.75, 3.05) is 18.1 Å². The number of nitrogens with zero attached hydrogens (tertiary/aromatic N) is 4. The minimum Gasteiger partial charge on any atom is -0.332 e. The van der Waals surface area contributed by atoms with E-state index < -0.39 is 28.5 Å². The predicted molar refractivity (Wildman–Crippen MR) is 94.7 cm³/mol. The molecule has 4 rings (SSSR count). The molecule has 29 heavy (non-hydrogen) atoms. The van der Waals surface area contributed by atoms with Crippen molar-refractivity contribution in [1.82, 2.24) is 25.8 Å². The van der Waals surface area contributed by atoms with E-state index in [0.29, 0.717) is 12.1 Å². The lowest BCUT2D eigenvalue weighted by atomic mass is 10.1. The minimum absolute atomic E-state index is 0.117. The summed E-state index contributed by atoms with van der Waals surface area (Å²) < 4.78 is 52.2. The number of carbonyl (C=O) groups is 1. The van der Waals surface area contributed by atoms with Crippen LogP contribution in [0.4, 0.5) is 23.5 Å². The monoisotopic (exact) mass is 428 g/mol. The van der Waals surface area contributed by atoms with E-state index in [1.165, 1.54) is 16.0 Å². The molecule has 2 N–H and O–H groups in total. The van der Waals surface area contributed by atoms with Crippen LogP contribution in [-0.2, 0) is 6.18 Å². The van der Waals surface area contributed by atoms with Crippen LogP contribution in [0.15, 0.2) is 42.0 Å². The Labute approximate surface area is 166 Å². The molecule has 0 atom stereocenters. The maximum Gasteiger partial charge on any atom is 0.417 e. The van der Waals surface area contributed by atoms with E-state index in [0.717, 1.165) is 30.2 Å². The molecule has 0 aliphatic carbocycles. The summed E-state index contributed by atoms with van der Waals surface area (Å²) in [5.41, 5.74) is 5.81. The third-order valence-electron chi connectivity index (χ3n) is 4.53. The molecule has 0 bridgehead atoms. The normalized spacial score (nSPS) is 16.7. The number of benzene rings is 1. The van der Waals surface area contributed by atoms with Crippen LogP contribution in [0.1, 0.15) is 22.3 Å². The molecule has 0 saturated carbocycles. The summed E-state index contributed by atoms with van der Waals surface area (Å²) in [4.78, 5) is 22.0. The third-order valence-corrected chi connectivity index (χ3v) is 4.94. The number of amides is 1. The van der Waals surface area contributed by atoms with Gasteiger partial charge in [-0.2, -0.15) is 13.2 Å². The highest BCUT2D eigenvalue weighted by Gasteiger charge is 2.37. The number of hydrogen-bond donors (Lipinski definition) is 2. The average Bonchev–Trinajstić information content (AvgIpc) is 3.10. The van der Waals surface area contributed by atoms with E-state index in [9.17, 15) is 22.4 Å². The molecule has 0 fully saturated rings. The first kappa shape index (κ1) is 19.4. The summed E-state index contributed by atoms with van der Waals surface area (Å²) in [5.74, 6) is -0.968.